The highest BCUT2D eigenvalue weighted by atomic mass is 32.1. The number of nitrogens with zero attached hydrogens (tertiary/aromatic N) is 2. The van der Waals surface area contributed by atoms with E-state index in [2.05, 4.69) is 15.3 Å². The number of amides is 1. The Kier molecular flexibility index (Phi) is 4.01. The van der Waals surface area contributed by atoms with Crippen molar-refractivity contribution in [1.29, 1.82) is 0 Å². The lowest BCUT2D eigenvalue weighted by Gasteiger charge is -2.06. The zero-order valence-electron chi connectivity index (χ0n) is 11.5. The first-order valence-electron chi connectivity index (χ1n) is 6.09. The number of pyridine rings is 1. The van der Waals surface area contributed by atoms with Crippen LogP contribution in [0.1, 0.15) is 39.0 Å². The summed E-state index contributed by atoms with van der Waals surface area (Å²) in [5.74, 6) is -0.354. The maximum atomic E-state index is 12.2. The highest BCUT2D eigenvalue weighted by Gasteiger charge is 2.18. The fourth-order valence-electron chi connectivity index (χ4n) is 1.63. The molecule has 0 spiro atoms. The molecule has 2 rings (SSSR count). The summed E-state index contributed by atoms with van der Waals surface area (Å²) < 4.78 is 0. The molecule has 1 amide bonds. The van der Waals surface area contributed by atoms with Crippen LogP contribution in [0.15, 0.2) is 12.1 Å². The number of hydrogen-bond donors (Lipinski definition) is 3. The SMILES string of the molecule is Cc1ccc(O)c(NC(=O)c2nc(C(C)N)sc2C)n1. The van der Waals surface area contributed by atoms with E-state index < -0.39 is 5.91 Å². The Morgan fingerprint density at radius 1 is 1.40 bits per heavy atom. The van der Waals surface area contributed by atoms with Crippen LogP contribution in [0, 0.1) is 13.8 Å². The molecule has 0 aliphatic carbocycles. The number of thiazole rings is 1. The van der Waals surface area contributed by atoms with Crippen LogP contribution in [0.25, 0.3) is 0 Å². The molecule has 0 bridgehead atoms. The van der Waals surface area contributed by atoms with E-state index in [0.717, 1.165) is 4.88 Å². The van der Waals surface area contributed by atoms with Gasteiger partial charge in [0, 0.05) is 10.6 Å². The van der Waals surface area contributed by atoms with Crippen molar-refractivity contribution in [2.75, 3.05) is 5.32 Å². The summed E-state index contributed by atoms with van der Waals surface area (Å²) in [5, 5.41) is 12.9. The van der Waals surface area contributed by atoms with Gasteiger partial charge in [-0.2, -0.15) is 0 Å². The average molecular weight is 292 g/mol. The highest BCUT2D eigenvalue weighted by molar-refractivity contribution is 7.12. The molecule has 2 heterocycles. The van der Waals surface area contributed by atoms with Gasteiger partial charge in [-0.1, -0.05) is 0 Å². The Hall–Kier alpha value is -1.99. The first-order valence-corrected chi connectivity index (χ1v) is 6.91. The van der Waals surface area contributed by atoms with Crippen LogP contribution in [-0.2, 0) is 0 Å². The van der Waals surface area contributed by atoms with E-state index >= 15 is 0 Å². The molecule has 0 aliphatic heterocycles. The van der Waals surface area contributed by atoms with Gasteiger partial charge in [0.05, 0.1) is 6.04 Å². The van der Waals surface area contributed by atoms with Crippen LogP contribution in [0.3, 0.4) is 0 Å². The number of carbonyl (C=O) groups excluding carboxylic acids is 1. The second-order valence-electron chi connectivity index (χ2n) is 4.52. The minimum atomic E-state index is -0.404. The molecule has 0 saturated carbocycles. The summed E-state index contributed by atoms with van der Waals surface area (Å²) in [6.45, 7) is 5.40. The van der Waals surface area contributed by atoms with Crippen LogP contribution < -0.4 is 11.1 Å². The van der Waals surface area contributed by atoms with E-state index in [-0.39, 0.29) is 17.6 Å². The lowest BCUT2D eigenvalue weighted by molar-refractivity contribution is 0.102. The highest BCUT2D eigenvalue weighted by Crippen LogP contribution is 2.24. The molecule has 1 atom stereocenters. The monoisotopic (exact) mass is 292 g/mol. The van der Waals surface area contributed by atoms with Crippen LogP contribution >= 0.6 is 11.3 Å². The summed E-state index contributed by atoms with van der Waals surface area (Å²) >= 11 is 1.39. The number of anilines is 1. The molecule has 2 aromatic rings. The zero-order valence-corrected chi connectivity index (χ0v) is 12.3. The van der Waals surface area contributed by atoms with Gasteiger partial charge in [0.15, 0.2) is 11.6 Å². The summed E-state index contributed by atoms with van der Waals surface area (Å²) in [6, 6.07) is 2.93. The largest absolute Gasteiger partial charge is 0.504 e. The van der Waals surface area contributed by atoms with E-state index in [4.69, 9.17) is 5.73 Å². The van der Waals surface area contributed by atoms with Gasteiger partial charge in [0.25, 0.3) is 5.91 Å². The fraction of sp³-hybridized carbons (Fsp3) is 0.308. The van der Waals surface area contributed by atoms with Gasteiger partial charge < -0.3 is 16.2 Å². The maximum absolute atomic E-state index is 12.2. The topological polar surface area (TPSA) is 101 Å². The second-order valence-corrected chi connectivity index (χ2v) is 5.75. The molecule has 2 aromatic heterocycles. The Morgan fingerprint density at radius 2 is 2.10 bits per heavy atom. The minimum Gasteiger partial charge on any atom is -0.504 e. The summed E-state index contributed by atoms with van der Waals surface area (Å²) in [5.41, 5.74) is 6.77. The quantitative estimate of drug-likeness (QED) is 0.804. The number of nitrogens with two attached hydrogens (primary N) is 1. The third-order valence-corrected chi connectivity index (χ3v) is 3.83. The molecule has 0 aliphatic rings. The maximum Gasteiger partial charge on any atom is 0.276 e. The van der Waals surface area contributed by atoms with Crippen molar-refractivity contribution < 1.29 is 9.90 Å². The molecular weight excluding hydrogens is 276 g/mol. The van der Waals surface area contributed by atoms with Crippen molar-refractivity contribution in [1.82, 2.24) is 9.97 Å². The molecule has 1 unspecified atom stereocenters. The number of rotatable bonds is 3. The van der Waals surface area contributed by atoms with E-state index in [9.17, 15) is 9.90 Å². The predicted octanol–water partition coefficient (Wildman–Crippen LogP) is 2.13. The number of hydrogen-bond acceptors (Lipinski definition) is 6. The molecule has 6 nitrogen and oxygen atoms in total. The summed E-state index contributed by atoms with van der Waals surface area (Å²) in [4.78, 5) is 21.3. The van der Waals surface area contributed by atoms with Crippen LogP contribution in [0.2, 0.25) is 0 Å². The lowest BCUT2D eigenvalue weighted by Crippen LogP contribution is -2.15. The number of aromatic hydroxyl groups is 1. The predicted molar refractivity (Wildman–Crippen MR) is 78.0 cm³/mol. The van der Waals surface area contributed by atoms with Gasteiger partial charge in [-0.3, -0.25) is 4.79 Å². The minimum absolute atomic E-state index is 0.0794. The second kappa shape index (κ2) is 5.56. The summed E-state index contributed by atoms with van der Waals surface area (Å²) in [7, 11) is 0. The van der Waals surface area contributed by atoms with Crippen molar-refractivity contribution >= 4 is 23.1 Å². The van der Waals surface area contributed by atoms with Crippen molar-refractivity contribution in [3.8, 4) is 5.75 Å². The van der Waals surface area contributed by atoms with E-state index in [1.54, 1.807) is 13.0 Å². The molecule has 0 saturated heterocycles. The Morgan fingerprint density at radius 3 is 2.70 bits per heavy atom. The van der Waals surface area contributed by atoms with Crippen LogP contribution in [-0.4, -0.2) is 21.0 Å². The molecule has 0 fully saturated rings. The lowest BCUT2D eigenvalue weighted by atomic mass is 10.3. The van der Waals surface area contributed by atoms with Crippen LogP contribution in [0.5, 0.6) is 5.75 Å². The zero-order chi connectivity index (χ0) is 14.9. The smallest absolute Gasteiger partial charge is 0.276 e. The standard InChI is InChI=1S/C13H16N4O2S/c1-6-4-5-9(18)11(15-6)17-12(19)10-8(3)20-13(16-10)7(2)14/h4-5,7,18H,14H2,1-3H3,(H,15,17,19). The van der Waals surface area contributed by atoms with Crippen molar-refractivity contribution in [2.24, 2.45) is 5.73 Å². The average Bonchev–Trinajstić information content (AvgIpc) is 2.76. The van der Waals surface area contributed by atoms with E-state index in [1.807, 2.05) is 13.8 Å². The number of aryl methyl sites for hydroxylation is 2. The molecular formula is C13H16N4O2S. The normalized spacial score (nSPS) is 12.2. The van der Waals surface area contributed by atoms with Gasteiger partial charge >= 0.3 is 0 Å². The van der Waals surface area contributed by atoms with Gasteiger partial charge in [-0.05, 0) is 32.9 Å². The number of aromatic nitrogens is 2. The third kappa shape index (κ3) is 2.94. The Labute approximate surface area is 120 Å². The molecule has 4 N–H and O–H groups in total. The van der Waals surface area contributed by atoms with E-state index in [1.165, 1.54) is 17.4 Å². The number of carbonyl (C=O) groups is 1. The first kappa shape index (κ1) is 14.4. The fourth-order valence-corrected chi connectivity index (χ4v) is 2.50. The molecule has 106 valence electrons. The van der Waals surface area contributed by atoms with Crippen molar-refractivity contribution in [2.45, 2.75) is 26.8 Å². The van der Waals surface area contributed by atoms with Gasteiger partial charge in [0.2, 0.25) is 0 Å². The summed E-state index contributed by atoms with van der Waals surface area (Å²) in [6.07, 6.45) is 0. The van der Waals surface area contributed by atoms with Crippen LogP contribution in [0.4, 0.5) is 5.82 Å². The van der Waals surface area contributed by atoms with Crippen molar-refractivity contribution in [3.63, 3.8) is 0 Å². The van der Waals surface area contributed by atoms with Gasteiger partial charge in [-0.25, -0.2) is 9.97 Å². The first-order chi connectivity index (χ1) is 9.38. The number of nitrogens with one attached hydrogen (secondary N) is 1. The molecule has 7 heteroatoms. The van der Waals surface area contributed by atoms with Gasteiger partial charge in [-0.15, -0.1) is 11.3 Å². The Balaban J connectivity index is 2.26. The molecule has 0 aromatic carbocycles. The Bertz CT molecular complexity index is 652. The van der Waals surface area contributed by atoms with Crippen molar-refractivity contribution in [3.05, 3.63) is 33.4 Å². The molecule has 20 heavy (non-hydrogen) atoms. The van der Waals surface area contributed by atoms with Gasteiger partial charge in [0.1, 0.15) is 10.7 Å². The molecule has 0 radical (unpaired) electrons. The van der Waals surface area contributed by atoms with E-state index in [0.29, 0.717) is 16.4 Å². The third-order valence-electron chi connectivity index (χ3n) is 2.66.